The SMILES string of the molecule is CCCCCCCCCC(=O)OCCOCCOCCOC1CCCCO1. The Balaban J connectivity index is 1.73. The lowest BCUT2D eigenvalue weighted by Gasteiger charge is -2.22. The number of carbonyl (C=O) groups excluding carboxylic acids is 1. The first-order valence-corrected chi connectivity index (χ1v) is 10.9. The fourth-order valence-corrected chi connectivity index (χ4v) is 2.92. The minimum Gasteiger partial charge on any atom is -0.463 e. The van der Waals surface area contributed by atoms with Gasteiger partial charge in [-0.2, -0.15) is 0 Å². The summed E-state index contributed by atoms with van der Waals surface area (Å²) in [6, 6.07) is 0. The molecule has 27 heavy (non-hydrogen) atoms. The first-order chi connectivity index (χ1) is 13.3. The Bertz CT molecular complexity index is 331. The highest BCUT2D eigenvalue weighted by Gasteiger charge is 2.13. The van der Waals surface area contributed by atoms with Crippen LogP contribution in [0.2, 0.25) is 0 Å². The predicted octanol–water partition coefficient (Wildman–Crippen LogP) is 4.25. The quantitative estimate of drug-likeness (QED) is 0.258. The summed E-state index contributed by atoms with van der Waals surface area (Å²) < 4.78 is 27.0. The van der Waals surface area contributed by atoms with Crippen molar-refractivity contribution in [2.45, 2.75) is 83.8 Å². The van der Waals surface area contributed by atoms with Crippen molar-refractivity contribution in [2.24, 2.45) is 0 Å². The maximum absolute atomic E-state index is 11.6. The number of rotatable bonds is 18. The molecule has 0 spiro atoms. The highest BCUT2D eigenvalue weighted by molar-refractivity contribution is 5.69. The van der Waals surface area contributed by atoms with Crippen LogP contribution in [0.25, 0.3) is 0 Å². The summed E-state index contributed by atoms with van der Waals surface area (Å²) in [6.45, 7) is 5.84. The normalized spacial score (nSPS) is 17.1. The maximum atomic E-state index is 11.6. The number of hydrogen-bond donors (Lipinski definition) is 0. The summed E-state index contributed by atoms with van der Waals surface area (Å²) >= 11 is 0. The van der Waals surface area contributed by atoms with Crippen LogP contribution in [0.1, 0.15) is 77.6 Å². The highest BCUT2D eigenvalue weighted by Crippen LogP contribution is 2.13. The summed E-state index contributed by atoms with van der Waals surface area (Å²) in [5.41, 5.74) is 0. The molecule has 1 fully saturated rings. The van der Waals surface area contributed by atoms with Crippen molar-refractivity contribution < 1.29 is 28.5 Å². The Morgan fingerprint density at radius 1 is 0.852 bits per heavy atom. The van der Waals surface area contributed by atoms with Crippen LogP contribution in [0, 0.1) is 0 Å². The fraction of sp³-hybridized carbons (Fsp3) is 0.952. The van der Waals surface area contributed by atoms with Crippen molar-refractivity contribution in [2.75, 3.05) is 46.2 Å². The smallest absolute Gasteiger partial charge is 0.305 e. The third kappa shape index (κ3) is 16.0. The van der Waals surface area contributed by atoms with E-state index in [2.05, 4.69) is 6.92 Å². The molecule has 0 aromatic rings. The largest absolute Gasteiger partial charge is 0.463 e. The van der Waals surface area contributed by atoms with E-state index in [-0.39, 0.29) is 12.3 Å². The summed E-state index contributed by atoms with van der Waals surface area (Å²) in [5.74, 6) is -0.120. The van der Waals surface area contributed by atoms with Crippen molar-refractivity contribution in [3.8, 4) is 0 Å². The molecule has 6 nitrogen and oxygen atoms in total. The average Bonchev–Trinajstić information content (AvgIpc) is 2.69. The van der Waals surface area contributed by atoms with Crippen LogP contribution in [0.4, 0.5) is 0 Å². The van der Waals surface area contributed by atoms with Crippen LogP contribution in [-0.4, -0.2) is 58.5 Å². The van der Waals surface area contributed by atoms with E-state index in [9.17, 15) is 4.79 Å². The lowest BCUT2D eigenvalue weighted by Crippen LogP contribution is -2.24. The molecule has 6 heteroatoms. The second-order valence-corrected chi connectivity index (χ2v) is 6.98. The maximum Gasteiger partial charge on any atom is 0.305 e. The van der Waals surface area contributed by atoms with Gasteiger partial charge in [0.25, 0.3) is 0 Å². The van der Waals surface area contributed by atoms with E-state index in [1.165, 1.54) is 38.5 Å². The van der Waals surface area contributed by atoms with E-state index < -0.39 is 0 Å². The Morgan fingerprint density at radius 2 is 1.52 bits per heavy atom. The minimum atomic E-state index is -0.120. The molecule has 1 unspecified atom stereocenters. The third-order valence-corrected chi connectivity index (χ3v) is 4.52. The van der Waals surface area contributed by atoms with Crippen LogP contribution in [0.3, 0.4) is 0 Å². The van der Waals surface area contributed by atoms with Gasteiger partial charge in [-0.15, -0.1) is 0 Å². The first kappa shape index (κ1) is 24.3. The molecule has 0 aromatic carbocycles. The van der Waals surface area contributed by atoms with Gasteiger partial charge in [-0.25, -0.2) is 0 Å². The van der Waals surface area contributed by atoms with Gasteiger partial charge in [0.2, 0.25) is 0 Å². The van der Waals surface area contributed by atoms with Crippen LogP contribution >= 0.6 is 0 Å². The van der Waals surface area contributed by atoms with Gasteiger partial charge < -0.3 is 23.7 Å². The topological polar surface area (TPSA) is 63.2 Å². The molecule has 1 atom stereocenters. The van der Waals surface area contributed by atoms with Gasteiger partial charge in [-0.1, -0.05) is 45.4 Å². The van der Waals surface area contributed by atoms with E-state index in [4.69, 9.17) is 23.7 Å². The van der Waals surface area contributed by atoms with Crippen molar-refractivity contribution in [3.63, 3.8) is 0 Å². The second kappa shape index (κ2) is 18.7. The summed E-state index contributed by atoms with van der Waals surface area (Å²) in [7, 11) is 0. The first-order valence-electron chi connectivity index (χ1n) is 10.9. The number of esters is 1. The molecule has 0 aromatic heterocycles. The molecule has 1 saturated heterocycles. The Kier molecular flexibility index (Phi) is 16.8. The van der Waals surface area contributed by atoms with Gasteiger partial charge in [-0.05, 0) is 25.7 Å². The number of carbonyl (C=O) groups is 1. The minimum absolute atomic E-state index is 0.0608. The van der Waals surface area contributed by atoms with Gasteiger partial charge in [0.1, 0.15) is 6.61 Å². The lowest BCUT2D eigenvalue weighted by atomic mass is 10.1. The predicted molar refractivity (Wildman–Crippen MR) is 105 cm³/mol. The Morgan fingerprint density at radius 3 is 2.22 bits per heavy atom. The second-order valence-electron chi connectivity index (χ2n) is 6.98. The van der Waals surface area contributed by atoms with Crippen molar-refractivity contribution in [1.82, 2.24) is 0 Å². The van der Waals surface area contributed by atoms with E-state index in [0.29, 0.717) is 46.1 Å². The highest BCUT2D eigenvalue weighted by atomic mass is 16.7. The molecular formula is C21H40O6. The zero-order chi connectivity index (χ0) is 19.4. The van der Waals surface area contributed by atoms with Gasteiger partial charge in [0.15, 0.2) is 6.29 Å². The molecule has 1 aliphatic heterocycles. The number of ether oxygens (including phenoxy) is 5. The number of unbranched alkanes of at least 4 members (excludes halogenated alkanes) is 6. The van der Waals surface area contributed by atoms with E-state index in [0.717, 1.165) is 32.3 Å². The van der Waals surface area contributed by atoms with Crippen LogP contribution in [0.5, 0.6) is 0 Å². The molecule has 1 rings (SSSR count). The Hall–Kier alpha value is -0.690. The van der Waals surface area contributed by atoms with Crippen LogP contribution in [-0.2, 0) is 28.5 Å². The molecule has 1 heterocycles. The fourth-order valence-electron chi connectivity index (χ4n) is 2.92. The molecule has 0 bridgehead atoms. The standard InChI is InChI=1S/C21H40O6/c1-2-3-4-5-6-7-8-11-20(22)25-18-16-23-14-15-24-17-19-27-21-12-9-10-13-26-21/h21H,2-19H2,1H3. The average molecular weight is 389 g/mol. The van der Waals surface area contributed by atoms with Gasteiger partial charge >= 0.3 is 5.97 Å². The van der Waals surface area contributed by atoms with Crippen molar-refractivity contribution in [3.05, 3.63) is 0 Å². The molecule has 0 amide bonds. The molecule has 160 valence electrons. The van der Waals surface area contributed by atoms with Gasteiger partial charge in [0, 0.05) is 13.0 Å². The molecule has 0 aliphatic carbocycles. The zero-order valence-electron chi connectivity index (χ0n) is 17.3. The zero-order valence-corrected chi connectivity index (χ0v) is 17.3. The lowest BCUT2D eigenvalue weighted by molar-refractivity contribution is -0.169. The van der Waals surface area contributed by atoms with E-state index >= 15 is 0 Å². The summed E-state index contributed by atoms with van der Waals surface area (Å²) in [5, 5.41) is 0. The van der Waals surface area contributed by atoms with Crippen molar-refractivity contribution in [1.29, 1.82) is 0 Å². The van der Waals surface area contributed by atoms with Gasteiger partial charge in [-0.3, -0.25) is 4.79 Å². The molecular weight excluding hydrogens is 348 g/mol. The van der Waals surface area contributed by atoms with Crippen LogP contribution in [0.15, 0.2) is 0 Å². The molecule has 0 radical (unpaired) electrons. The number of hydrogen-bond acceptors (Lipinski definition) is 6. The summed E-state index contributed by atoms with van der Waals surface area (Å²) in [6.07, 6.45) is 12.2. The summed E-state index contributed by atoms with van der Waals surface area (Å²) in [4.78, 5) is 11.6. The third-order valence-electron chi connectivity index (χ3n) is 4.52. The molecule has 0 N–H and O–H groups in total. The molecule has 1 aliphatic rings. The van der Waals surface area contributed by atoms with Crippen LogP contribution < -0.4 is 0 Å². The van der Waals surface area contributed by atoms with Gasteiger partial charge in [0.05, 0.1) is 33.0 Å². The van der Waals surface area contributed by atoms with E-state index in [1.807, 2.05) is 0 Å². The monoisotopic (exact) mass is 388 g/mol. The molecule has 0 saturated carbocycles. The van der Waals surface area contributed by atoms with E-state index in [1.54, 1.807) is 0 Å². The Labute approximate surface area is 165 Å². The van der Waals surface area contributed by atoms with Crippen molar-refractivity contribution >= 4 is 5.97 Å².